The number of hydrogen-bond donors (Lipinski definition) is 2. The van der Waals surface area contributed by atoms with Crippen molar-refractivity contribution in [3.8, 4) is 0 Å². The fourth-order valence-corrected chi connectivity index (χ4v) is 2.02. The highest BCUT2D eigenvalue weighted by atomic mass is 19.1. The Kier molecular flexibility index (Phi) is 2.74. The van der Waals surface area contributed by atoms with E-state index in [9.17, 15) is 8.78 Å². The smallest absolute Gasteiger partial charge is 0.151 e. The van der Waals surface area contributed by atoms with Crippen molar-refractivity contribution >= 4 is 11.4 Å². The van der Waals surface area contributed by atoms with E-state index in [1.54, 1.807) is 0 Å². The molecule has 1 aliphatic rings. The molecule has 0 unspecified atom stereocenters. The van der Waals surface area contributed by atoms with Gasteiger partial charge in [0.25, 0.3) is 0 Å². The van der Waals surface area contributed by atoms with Crippen LogP contribution in [0.1, 0.15) is 26.2 Å². The van der Waals surface area contributed by atoms with E-state index in [1.807, 2.05) is 0 Å². The number of halogens is 2. The SMILES string of the molecule is CC1(CNc2c(F)cc(N)cc2F)CCC1. The van der Waals surface area contributed by atoms with Crippen LogP contribution in [0.4, 0.5) is 20.2 Å². The minimum Gasteiger partial charge on any atom is -0.399 e. The summed E-state index contributed by atoms with van der Waals surface area (Å²) < 4.78 is 26.9. The number of benzene rings is 1. The summed E-state index contributed by atoms with van der Waals surface area (Å²) in [6.45, 7) is 2.72. The van der Waals surface area contributed by atoms with Gasteiger partial charge in [-0.15, -0.1) is 0 Å². The van der Waals surface area contributed by atoms with Gasteiger partial charge in [-0.05, 0) is 30.4 Å². The summed E-state index contributed by atoms with van der Waals surface area (Å²) in [5.41, 5.74) is 5.56. The first-order valence-corrected chi connectivity index (χ1v) is 5.49. The van der Waals surface area contributed by atoms with Gasteiger partial charge in [0.15, 0.2) is 11.6 Å². The van der Waals surface area contributed by atoms with Crippen LogP contribution in [0.3, 0.4) is 0 Å². The molecule has 1 fully saturated rings. The molecule has 1 aromatic rings. The molecule has 1 aromatic carbocycles. The maximum Gasteiger partial charge on any atom is 0.151 e. The molecule has 3 N–H and O–H groups in total. The number of hydrogen-bond acceptors (Lipinski definition) is 2. The van der Waals surface area contributed by atoms with Gasteiger partial charge in [0.1, 0.15) is 5.69 Å². The molecule has 0 amide bonds. The molecule has 0 aliphatic heterocycles. The Morgan fingerprint density at radius 1 is 1.31 bits per heavy atom. The van der Waals surface area contributed by atoms with Crippen molar-refractivity contribution in [2.75, 3.05) is 17.6 Å². The summed E-state index contributed by atoms with van der Waals surface area (Å²) in [4.78, 5) is 0. The number of nitrogen functional groups attached to an aromatic ring is 1. The summed E-state index contributed by atoms with van der Waals surface area (Å²) in [7, 11) is 0. The van der Waals surface area contributed by atoms with Crippen LogP contribution < -0.4 is 11.1 Å². The molecule has 0 aromatic heterocycles. The third-order valence-electron chi connectivity index (χ3n) is 3.32. The first-order valence-electron chi connectivity index (χ1n) is 5.49. The van der Waals surface area contributed by atoms with E-state index in [-0.39, 0.29) is 16.8 Å². The zero-order valence-electron chi connectivity index (χ0n) is 9.32. The summed E-state index contributed by atoms with van der Waals surface area (Å²) in [5, 5.41) is 2.85. The van der Waals surface area contributed by atoms with E-state index >= 15 is 0 Å². The van der Waals surface area contributed by atoms with Gasteiger partial charge in [-0.2, -0.15) is 0 Å². The quantitative estimate of drug-likeness (QED) is 0.777. The minimum atomic E-state index is -0.625. The van der Waals surface area contributed by atoms with Crippen molar-refractivity contribution in [2.45, 2.75) is 26.2 Å². The van der Waals surface area contributed by atoms with Crippen molar-refractivity contribution in [2.24, 2.45) is 5.41 Å². The number of anilines is 2. The number of nitrogens with one attached hydrogen (secondary N) is 1. The van der Waals surface area contributed by atoms with Crippen LogP contribution in [0, 0.1) is 17.0 Å². The molecule has 2 nitrogen and oxygen atoms in total. The van der Waals surface area contributed by atoms with Gasteiger partial charge in [0.2, 0.25) is 0 Å². The van der Waals surface area contributed by atoms with Gasteiger partial charge in [-0.25, -0.2) is 8.78 Å². The highest BCUT2D eigenvalue weighted by molar-refractivity contribution is 5.54. The zero-order valence-corrected chi connectivity index (χ0v) is 9.32. The van der Waals surface area contributed by atoms with E-state index in [0.717, 1.165) is 25.0 Å². The monoisotopic (exact) mass is 226 g/mol. The maximum atomic E-state index is 13.4. The molecule has 4 heteroatoms. The Balaban J connectivity index is 2.09. The van der Waals surface area contributed by atoms with Gasteiger partial charge >= 0.3 is 0 Å². The van der Waals surface area contributed by atoms with Crippen LogP contribution >= 0.6 is 0 Å². The highest BCUT2D eigenvalue weighted by Crippen LogP contribution is 2.40. The normalized spacial score (nSPS) is 17.9. The molecule has 0 heterocycles. The molecular weight excluding hydrogens is 210 g/mol. The number of nitrogens with two attached hydrogens (primary N) is 1. The molecule has 16 heavy (non-hydrogen) atoms. The van der Waals surface area contributed by atoms with Gasteiger partial charge in [-0.1, -0.05) is 13.3 Å². The molecule has 1 aliphatic carbocycles. The van der Waals surface area contributed by atoms with Crippen LogP contribution in [0.2, 0.25) is 0 Å². The number of rotatable bonds is 3. The van der Waals surface area contributed by atoms with Crippen molar-refractivity contribution in [1.82, 2.24) is 0 Å². The fourth-order valence-electron chi connectivity index (χ4n) is 2.02. The molecule has 2 rings (SSSR count). The molecule has 0 spiro atoms. The van der Waals surface area contributed by atoms with E-state index < -0.39 is 11.6 Å². The minimum absolute atomic E-state index is 0.0673. The van der Waals surface area contributed by atoms with E-state index in [1.165, 1.54) is 6.42 Å². The lowest BCUT2D eigenvalue weighted by atomic mass is 9.70. The van der Waals surface area contributed by atoms with Gasteiger partial charge in [-0.3, -0.25) is 0 Å². The molecule has 0 radical (unpaired) electrons. The third-order valence-corrected chi connectivity index (χ3v) is 3.32. The molecule has 1 saturated carbocycles. The Labute approximate surface area is 93.8 Å². The van der Waals surface area contributed by atoms with Gasteiger partial charge in [0, 0.05) is 12.2 Å². The molecule has 0 saturated heterocycles. The summed E-state index contributed by atoms with van der Waals surface area (Å²) in [5.74, 6) is -1.25. The maximum absolute atomic E-state index is 13.4. The second-order valence-corrected chi connectivity index (χ2v) is 4.88. The predicted molar refractivity (Wildman–Crippen MR) is 61.2 cm³/mol. The average Bonchev–Trinajstić information content (AvgIpc) is 2.13. The zero-order chi connectivity index (χ0) is 11.8. The highest BCUT2D eigenvalue weighted by Gasteiger charge is 2.31. The lowest BCUT2D eigenvalue weighted by Crippen LogP contribution is -2.33. The largest absolute Gasteiger partial charge is 0.399 e. The Morgan fingerprint density at radius 2 is 1.88 bits per heavy atom. The summed E-state index contributed by atoms with van der Waals surface area (Å²) >= 11 is 0. The van der Waals surface area contributed by atoms with Gasteiger partial charge < -0.3 is 11.1 Å². The standard InChI is InChI=1S/C12H16F2N2/c1-12(3-2-4-12)7-16-11-9(13)5-8(15)6-10(11)14/h5-6,16H,2-4,7,15H2,1H3. The fraction of sp³-hybridized carbons (Fsp3) is 0.500. The van der Waals surface area contributed by atoms with Crippen LogP contribution in [0.15, 0.2) is 12.1 Å². The first-order chi connectivity index (χ1) is 7.50. The lowest BCUT2D eigenvalue weighted by Gasteiger charge is -2.38. The average molecular weight is 226 g/mol. The van der Waals surface area contributed by atoms with E-state index in [2.05, 4.69) is 12.2 Å². The molecular formula is C12H16F2N2. The van der Waals surface area contributed by atoms with Crippen molar-refractivity contribution in [3.05, 3.63) is 23.8 Å². The van der Waals surface area contributed by atoms with Crippen molar-refractivity contribution in [1.29, 1.82) is 0 Å². The molecule has 0 atom stereocenters. The van der Waals surface area contributed by atoms with E-state index in [4.69, 9.17) is 5.73 Å². The summed E-state index contributed by atoms with van der Waals surface area (Å²) in [6, 6.07) is 2.27. The molecule has 88 valence electrons. The second kappa shape index (κ2) is 3.92. The lowest BCUT2D eigenvalue weighted by molar-refractivity contribution is 0.179. The summed E-state index contributed by atoms with van der Waals surface area (Å²) in [6.07, 6.45) is 3.42. The topological polar surface area (TPSA) is 38.0 Å². The first kappa shape index (κ1) is 11.2. The van der Waals surface area contributed by atoms with Crippen LogP contribution in [-0.2, 0) is 0 Å². The van der Waals surface area contributed by atoms with E-state index in [0.29, 0.717) is 6.54 Å². The van der Waals surface area contributed by atoms with Crippen molar-refractivity contribution in [3.63, 3.8) is 0 Å². The Morgan fingerprint density at radius 3 is 2.31 bits per heavy atom. The molecule has 0 bridgehead atoms. The van der Waals surface area contributed by atoms with Crippen LogP contribution in [-0.4, -0.2) is 6.54 Å². The Hall–Kier alpha value is -1.32. The third kappa shape index (κ3) is 2.10. The van der Waals surface area contributed by atoms with Crippen LogP contribution in [0.5, 0.6) is 0 Å². The van der Waals surface area contributed by atoms with Crippen molar-refractivity contribution < 1.29 is 8.78 Å². The predicted octanol–water partition coefficient (Wildman–Crippen LogP) is 3.15. The van der Waals surface area contributed by atoms with Gasteiger partial charge in [0.05, 0.1) is 0 Å². The second-order valence-electron chi connectivity index (χ2n) is 4.88. The Bertz CT molecular complexity index is 377. The van der Waals surface area contributed by atoms with Crippen LogP contribution in [0.25, 0.3) is 0 Å².